The van der Waals surface area contributed by atoms with Crippen LogP contribution in [0.5, 0.6) is 5.75 Å². The molecular weight excluding hydrogens is 374 g/mol. The highest BCUT2D eigenvalue weighted by molar-refractivity contribution is 5.41. The third kappa shape index (κ3) is 4.75. The Morgan fingerprint density at radius 1 is 1.00 bits per heavy atom. The lowest BCUT2D eigenvalue weighted by Crippen LogP contribution is -2.55. The number of nitrogens with zero attached hydrogens (tertiary/aromatic N) is 1. The SMILES string of the molecule is CCOc1ccc(Cc2cc(C#N)cc([C@@H]3O[C@H](CO)[C@@H](O)[C@H](O)[C@H]3O)c2)cc1. The highest BCUT2D eigenvalue weighted by atomic mass is 16.5. The second-order valence-corrected chi connectivity index (χ2v) is 7.08. The summed E-state index contributed by atoms with van der Waals surface area (Å²) in [5, 5.41) is 49.2. The second-order valence-electron chi connectivity index (χ2n) is 7.08. The van der Waals surface area contributed by atoms with Crippen molar-refractivity contribution in [1.29, 1.82) is 5.26 Å². The highest BCUT2D eigenvalue weighted by Crippen LogP contribution is 2.33. The molecule has 1 aliphatic rings. The van der Waals surface area contributed by atoms with E-state index in [-0.39, 0.29) is 0 Å². The standard InChI is InChI=1S/C22H25NO6/c1-2-28-17-5-3-13(4-6-17)7-14-8-15(11-23)10-16(9-14)22-21(27)20(26)19(25)18(12-24)29-22/h3-6,8-10,18-22,24-27H,2,7,12H2,1H3/t18-,19-,20+,21-,22+/m1/s1. The normalized spacial score (nSPS) is 26.7. The number of ether oxygens (including phenoxy) is 2. The summed E-state index contributed by atoms with van der Waals surface area (Å²) >= 11 is 0. The van der Waals surface area contributed by atoms with E-state index in [1.165, 1.54) is 0 Å². The first-order valence-corrected chi connectivity index (χ1v) is 9.53. The van der Waals surface area contributed by atoms with Gasteiger partial charge in [-0.15, -0.1) is 0 Å². The number of benzene rings is 2. The van der Waals surface area contributed by atoms with E-state index in [0.717, 1.165) is 16.9 Å². The molecule has 2 aromatic rings. The minimum absolute atomic E-state index is 0.389. The fourth-order valence-electron chi connectivity index (χ4n) is 3.53. The zero-order valence-electron chi connectivity index (χ0n) is 16.1. The van der Waals surface area contributed by atoms with E-state index in [1.54, 1.807) is 18.2 Å². The zero-order valence-corrected chi connectivity index (χ0v) is 16.1. The molecule has 154 valence electrons. The van der Waals surface area contributed by atoms with Crippen LogP contribution in [0.3, 0.4) is 0 Å². The molecule has 3 rings (SSSR count). The Hall–Kier alpha value is -2.47. The molecule has 0 radical (unpaired) electrons. The third-order valence-corrected chi connectivity index (χ3v) is 5.01. The monoisotopic (exact) mass is 399 g/mol. The molecule has 1 aliphatic heterocycles. The van der Waals surface area contributed by atoms with E-state index in [1.807, 2.05) is 31.2 Å². The quantitative estimate of drug-likeness (QED) is 0.573. The molecule has 0 unspecified atom stereocenters. The third-order valence-electron chi connectivity index (χ3n) is 5.01. The van der Waals surface area contributed by atoms with Crippen LogP contribution in [0.25, 0.3) is 0 Å². The lowest BCUT2D eigenvalue weighted by atomic mass is 9.89. The fourth-order valence-corrected chi connectivity index (χ4v) is 3.53. The van der Waals surface area contributed by atoms with Crippen LogP contribution in [0.1, 0.15) is 35.3 Å². The summed E-state index contributed by atoms with van der Waals surface area (Å²) in [6, 6.07) is 14.9. The fraction of sp³-hybridized carbons (Fsp3) is 0.409. The summed E-state index contributed by atoms with van der Waals surface area (Å²) in [6.07, 6.45) is -5.71. The van der Waals surface area contributed by atoms with Crippen molar-refractivity contribution in [1.82, 2.24) is 0 Å². The maximum Gasteiger partial charge on any atom is 0.119 e. The van der Waals surface area contributed by atoms with Gasteiger partial charge in [0.05, 0.1) is 24.8 Å². The summed E-state index contributed by atoms with van der Waals surface area (Å²) in [7, 11) is 0. The molecule has 29 heavy (non-hydrogen) atoms. The van der Waals surface area contributed by atoms with E-state index < -0.39 is 37.1 Å². The van der Waals surface area contributed by atoms with Crippen LogP contribution in [0.4, 0.5) is 0 Å². The smallest absolute Gasteiger partial charge is 0.119 e. The van der Waals surface area contributed by atoms with E-state index in [2.05, 4.69) is 6.07 Å². The van der Waals surface area contributed by atoms with Gasteiger partial charge in [0.15, 0.2) is 0 Å². The molecule has 0 spiro atoms. The van der Waals surface area contributed by atoms with Gasteiger partial charge in [0, 0.05) is 0 Å². The Bertz CT molecular complexity index is 861. The number of aliphatic hydroxyl groups excluding tert-OH is 4. The van der Waals surface area contributed by atoms with Crippen LogP contribution in [0, 0.1) is 11.3 Å². The van der Waals surface area contributed by atoms with Gasteiger partial charge >= 0.3 is 0 Å². The minimum Gasteiger partial charge on any atom is -0.494 e. The van der Waals surface area contributed by atoms with Crippen molar-refractivity contribution in [2.45, 2.75) is 43.9 Å². The molecule has 1 fully saturated rings. The maximum absolute atomic E-state index is 10.4. The molecule has 1 heterocycles. The molecule has 0 amide bonds. The minimum atomic E-state index is -1.47. The molecule has 1 saturated heterocycles. The van der Waals surface area contributed by atoms with Gasteiger partial charge in [0.25, 0.3) is 0 Å². The van der Waals surface area contributed by atoms with E-state index in [0.29, 0.717) is 24.2 Å². The number of hydrogen-bond acceptors (Lipinski definition) is 7. The average molecular weight is 399 g/mol. The predicted octanol–water partition coefficient (Wildman–Crippen LogP) is 1.06. The molecule has 5 atom stereocenters. The van der Waals surface area contributed by atoms with Crippen LogP contribution in [-0.4, -0.2) is 58.1 Å². The summed E-state index contributed by atoms with van der Waals surface area (Å²) in [5.41, 5.74) is 2.74. The van der Waals surface area contributed by atoms with Crippen molar-refractivity contribution in [3.63, 3.8) is 0 Å². The summed E-state index contributed by atoms with van der Waals surface area (Å²) in [6.45, 7) is 2.01. The van der Waals surface area contributed by atoms with Gasteiger partial charge in [0.2, 0.25) is 0 Å². The van der Waals surface area contributed by atoms with Crippen molar-refractivity contribution >= 4 is 0 Å². The molecule has 0 aliphatic carbocycles. The predicted molar refractivity (Wildman–Crippen MR) is 104 cm³/mol. The van der Waals surface area contributed by atoms with Gasteiger partial charge in [-0.2, -0.15) is 5.26 Å². The Morgan fingerprint density at radius 3 is 2.34 bits per heavy atom. The number of hydrogen-bond donors (Lipinski definition) is 4. The largest absolute Gasteiger partial charge is 0.494 e. The number of nitriles is 1. The van der Waals surface area contributed by atoms with Crippen LogP contribution >= 0.6 is 0 Å². The lowest BCUT2D eigenvalue weighted by Gasteiger charge is -2.40. The van der Waals surface area contributed by atoms with Gasteiger partial charge < -0.3 is 29.9 Å². The molecular formula is C22H25NO6. The first kappa shape index (κ1) is 21.2. The van der Waals surface area contributed by atoms with Crippen LogP contribution in [-0.2, 0) is 11.2 Å². The molecule has 0 saturated carbocycles. The lowest BCUT2D eigenvalue weighted by molar-refractivity contribution is -0.231. The summed E-state index contributed by atoms with van der Waals surface area (Å²) in [4.78, 5) is 0. The summed E-state index contributed by atoms with van der Waals surface area (Å²) < 4.78 is 11.1. The van der Waals surface area contributed by atoms with Crippen molar-refractivity contribution in [3.05, 3.63) is 64.7 Å². The zero-order chi connectivity index (χ0) is 21.0. The Balaban J connectivity index is 1.88. The second kappa shape index (κ2) is 9.35. The van der Waals surface area contributed by atoms with Crippen LogP contribution in [0.15, 0.2) is 42.5 Å². The molecule has 0 bridgehead atoms. The van der Waals surface area contributed by atoms with E-state index in [9.17, 15) is 25.7 Å². The Labute approximate surface area is 169 Å². The van der Waals surface area contributed by atoms with Crippen molar-refractivity contribution in [2.24, 2.45) is 0 Å². The van der Waals surface area contributed by atoms with E-state index >= 15 is 0 Å². The van der Waals surface area contributed by atoms with Crippen LogP contribution in [0.2, 0.25) is 0 Å². The van der Waals surface area contributed by atoms with Crippen molar-refractivity contribution in [3.8, 4) is 11.8 Å². The van der Waals surface area contributed by atoms with Crippen LogP contribution < -0.4 is 4.74 Å². The average Bonchev–Trinajstić information content (AvgIpc) is 2.73. The van der Waals surface area contributed by atoms with Crippen molar-refractivity contribution < 1.29 is 29.9 Å². The van der Waals surface area contributed by atoms with Gasteiger partial charge in [0.1, 0.15) is 36.3 Å². The molecule has 7 heteroatoms. The first-order valence-electron chi connectivity index (χ1n) is 9.53. The maximum atomic E-state index is 10.4. The molecule has 4 N–H and O–H groups in total. The first-order chi connectivity index (χ1) is 14.0. The Morgan fingerprint density at radius 2 is 1.72 bits per heavy atom. The van der Waals surface area contributed by atoms with Crippen molar-refractivity contribution in [2.75, 3.05) is 13.2 Å². The van der Waals surface area contributed by atoms with Gasteiger partial charge in [-0.3, -0.25) is 0 Å². The molecule has 7 nitrogen and oxygen atoms in total. The summed E-state index contributed by atoms with van der Waals surface area (Å²) in [5.74, 6) is 0.782. The van der Waals surface area contributed by atoms with Gasteiger partial charge in [-0.25, -0.2) is 0 Å². The molecule has 0 aromatic heterocycles. The topological polar surface area (TPSA) is 123 Å². The van der Waals surface area contributed by atoms with Gasteiger partial charge in [-0.05, 0) is 54.3 Å². The highest BCUT2D eigenvalue weighted by Gasteiger charge is 2.44. The number of aliphatic hydroxyl groups is 4. The molecule has 2 aromatic carbocycles. The Kier molecular flexibility index (Phi) is 6.85. The van der Waals surface area contributed by atoms with Gasteiger partial charge in [-0.1, -0.05) is 18.2 Å². The van der Waals surface area contributed by atoms with E-state index in [4.69, 9.17) is 9.47 Å². The number of rotatable bonds is 6.